The number of hydrogen-bond donors (Lipinski definition) is 3. The number of ether oxygens (including phenoxy) is 1. The maximum Gasteiger partial charge on any atom is 0.254 e. The lowest BCUT2D eigenvalue weighted by atomic mass is 10.1. The van der Waals surface area contributed by atoms with Crippen LogP contribution < -0.4 is 11.5 Å². The molecule has 0 bridgehead atoms. The lowest BCUT2D eigenvalue weighted by Crippen LogP contribution is -2.54. The molecule has 1 atom stereocenters. The molecular weight excluding hydrogens is 276 g/mol. The van der Waals surface area contributed by atoms with Gasteiger partial charge >= 0.3 is 0 Å². The van der Waals surface area contributed by atoms with Gasteiger partial charge in [0.2, 0.25) is 5.91 Å². The van der Waals surface area contributed by atoms with Crippen molar-refractivity contribution < 1.29 is 19.5 Å². The molecule has 112 valence electrons. The molecule has 0 aliphatic carbocycles. The number of amidine groups is 1. The van der Waals surface area contributed by atoms with Gasteiger partial charge in [0.05, 0.1) is 13.2 Å². The molecule has 5 N–H and O–H groups in total. The zero-order valence-corrected chi connectivity index (χ0v) is 11.2. The predicted molar refractivity (Wildman–Crippen MR) is 73.8 cm³/mol. The Morgan fingerprint density at radius 1 is 1.33 bits per heavy atom. The summed E-state index contributed by atoms with van der Waals surface area (Å²) >= 11 is 0. The molecule has 1 aliphatic rings. The molecule has 1 aromatic carbocycles. The minimum Gasteiger partial charge on any atom is -0.409 e. The van der Waals surface area contributed by atoms with Crippen LogP contribution in [-0.2, 0) is 9.53 Å². The Morgan fingerprint density at radius 3 is 2.71 bits per heavy atom. The quantitative estimate of drug-likeness (QED) is 0.288. The summed E-state index contributed by atoms with van der Waals surface area (Å²) < 4.78 is 5.17. The highest BCUT2D eigenvalue weighted by molar-refractivity contribution is 6.02. The van der Waals surface area contributed by atoms with Crippen molar-refractivity contribution in [2.24, 2.45) is 16.6 Å². The average Bonchev–Trinajstić information content (AvgIpc) is 2.53. The first kappa shape index (κ1) is 14.8. The summed E-state index contributed by atoms with van der Waals surface area (Å²) in [5.74, 6) is -1.07. The molecule has 1 aliphatic heterocycles. The molecule has 8 nitrogen and oxygen atoms in total. The molecule has 2 amide bonds. The second kappa shape index (κ2) is 6.23. The number of nitrogens with two attached hydrogens (primary N) is 2. The zero-order chi connectivity index (χ0) is 15.4. The van der Waals surface area contributed by atoms with E-state index in [1.165, 1.54) is 11.0 Å². The lowest BCUT2D eigenvalue weighted by Gasteiger charge is -2.33. The van der Waals surface area contributed by atoms with Gasteiger partial charge < -0.3 is 26.3 Å². The van der Waals surface area contributed by atoms with Crippen molar-refractivity contribution >= 4 is 17.6 Å². The molecule has 1 unspecified atom stereocenters. The number of benzene rings is 1. The zero-order valence-electron chi connectivity index (χ0n) is 11.2. The molecule has 1 heterocycles. The second-order valence-electron chi connectivity index (χ2n) is 4.56. The van der Waals surface area contributed by atoms with Gasteiger partial charge in [-0.3, -0.25) is 9.59 Å². The molecule has 1 aromatic rings. The van der Waals surface area contributed by atoms with Gasteiger partial charge in [-0.15, -0.1) is 0 Å². The van der Waals surface area contributed by atoms with Crippen LogP contribution in [0.1, 0.15) is 15.9 Å². The van der Waals surface area contributed by atoms with E-state index in [9.17, 15) is 9.59 Å². The predicted octanol–water partition coefficient (Wildman–Crippen LogP) is -0.893. The lowest BCUT2D eigenvalue weighted by molar-refractivity contribution is -0.127. The SMILES string of the molecule is NC(=O)C1COCCN1C(=O)c1cccc(/C(N)=N/O)c1. The maximum absolute atomic E-state index is 12.5. The Labute approximate surface area is 120 Å². The number of carbonyl (C=O) groups is 2. The average molecular weight is 292 g/mol. The van der Waals surface area contributed by atoms with Crippen molar-refractivity contribution in [3.63, 3.8) is 0 Å². The number of primary amides is 1. The van der Waals surface area contributed by atoms with Crippen LogP contribution >= 0.6 is 0 Å². The van der Waals surface area contributed by atoms with Gasteiger partial charge in [-0.05, 0) is 12.1 Å². The molecule has 0 aromatic heterocycles. The van der Waals surface area contributed by atoms with E-state index in [1.54, 1.807) is 18.2 Å². The summed E-state index contributed by atoms with van der Waals surface area (Å²) in [5.41, 5.74) is 11.5. The molecule has 21 heavy (non-hydrogen) atoms. The summed E-state index contributed by atoms with van der Waals surface area (Å²) in [4.78, 5) is 25.3. The van der Waals surface area contributed by atoms with E-state index in [2.05, 4.69) is 5.16 Å². The fraction of sp³-hybridized carbons (Fsp3) is 0.308. The Bertz CT molecular complexity index is 587. The minimum atomic E-state index is -0.793. The van der Waals surface area contributed by atoms with E-state index in [0.717, 1.165) is 0 Å². The van der Waals surface area contributed by atoms with Crippen LogP contribution in [0.4, 0.5) is 0 Å². The fourth-order valence-corrected chi connectivity index (χ4v) is 2.12. The van der Waals surface area contributed by atoms with E-state index in [-0.39, 0.29) is 24.9 Å². The van der Waals surface area contributed by atoms with Crippen LogP contribution in [0.5, 0.6) is 0 Å². The minimum absolute atomic E-state index is 0.0843. The molecule has 0 radical (unpaired) electrons. The monoisotopic (exact) mass is 292 g/mol. The summed E-state index contributed by atoms with van der Waals surface area (Å²) in [6, 6.07) is 5.50. The maximum atomic E-state index is 12.5. The molecule has 2 rings (SSSR count). The van der Waals surface area contributed by atoms with Crippen LogP contribution in [0.3, 0.4) is 0 Å². The molecule has 8 heteroatoms. The van der Waals surface area contributed by atoms with E-state index >= 15 is 0 Å². The van der Waals surface area contributed by atoms with E-state index in [4.69, 9.17) is 21.4 Å². The number of carbonyl (C=O) groups excluding carboxylic acids is 2. The molecule has 1 fully saturated rings. The first-order valence-corrected chi connectivity index (χ1v) is 6.30. The fourth-order valence-electron chi connectivity index (χ4n) is 2.12. The van der Waals surface area contributed by atoms with Crippen molar-refractivity contribution in [1.29, 1.82) is 0 Å². The molecular formula is C13H16N4O4. The van der Waals surface area contributed by atoms with Crippen molar-refractivity contribution in [1.82, 2.24) is 4.90 Å². The van der Waals surface area contributed by atoms with Crippen molar-refractivity contribution in [2.75, 3.05) is 19.8 Å². The number of amides is 2. The van der Waals surface area contributed by atoms with Crippen LogP contribution in [0, 0.1) is 0 Å². The number of rotatable bonds is 3. The van der Waals surface area contributed by atoms with Crippen LogP contribution in [0.25, 0.3) is 0 Å². The van der Waals surface area contributed by atoms with Gasteiger partial charge in [0.15, 0.2) is 5.84 Å². The highest BCUT2D eigenvalue weighted by Gasteiger charge is 2.32. The Balaban J connectivity index is 2.28. The number of hydrogen-bond acceptors (Lipinski definition) is 5. The third-order valence-corrected chi connectivity index (χ3v) is 3.23. The summed E-state index contributed by atoms with van der Waals surface area (Å²) in [7, 11) is 0. The third-order valence-electron chi connectivity index (χ3n) is 3.23. The number of oxime groups is 1. The Kier molecular flexibility index (Phi) is 4.39. The number of nitrogens with zero attached hydrogens (tertiary/aromatic N) is 2. The van der Waals surface area contributed by atoms with Gasteiger partial charge in [0, 0.05) is 17.7 Å². The summed E-state index contributed by atoms with van der Waals surface area (Å²) in [6.07, 6.45) is 0. The smallest absolute Gasteiger partial charge is 0.254 e. The van der Waals surface area contributed by atoms with Crippen molar-refractivity contribution in [3.8, 4) is 0 Å². The summed E-state index contributed by atoms with van der Waals surface area (Å²) in [5, 5.41) is 11.6. The van der Waals surface area contributed by atoms with Gasteiger partial charge in [0.1, 0.15) is 6.04 Å². The second-order valence-corrected chi connectivity index (χ2v) is 4.56. The summed E-state index contributed by atoms with van der Waals surface area (Å²) in [6.45, 7) is 0.705. The van der Waals surface area contributed by atoms with Crippen molar-refractivity contribution in [2.45, 2.75) is 6.04 Å². The van der Waals surface area contributed by atoms with E-state index in [1.807, 2.05) is 0 Å². The topological polar surface area (TPSA) is 131 Å². The van der Waals surface area contributed by atoms with Crippen LogP contribution in [-0.4, -0.2) is 53.6 Å². The van der Waals surface area contributed by atoms with E-state index in [0.29, 0.717) is 17.7 Å². The normalized spacial score (nSPS) is 19.3. The Hall–Kier alpha value is -2.61. The molecule has 0 spiro atoms. The largest absolute Gasteiger partial charge is 0.409 e. The van der Waals surface area contributed by atoms with Gasteiger partial charge in [0.25, 0.3) is 5.91 Å². The van der Waals surface area contributed by atoms with Gasteiger partial charge in [-0.25, -0.2) is 0 Å². The highest BCUT2D eigenvalue weighted by atomic mass is 16.5. The highest BCUT2D eigenvalue weighted by Crippen LogP contribution is 2.14. The number of morpholine rings is 1. The molecule has 0 saturated carbocycles. The van der Waals surface area contributed by atoms with Gasteiger partial charge in [-0.2, -0.15) is 0 Å². The first-order valence-electron chi connectivity index (χ1n) is 6.30. The third kappa shape index (κ3) is 3.11. The van der Waals surface area contributed by atoms with Gasteiger partial charge in [-0.1, -0.05) is 17.3 Å². The first-order chi connectivity index (χ1) is 10.0. The molecule has 1 saturated heterocycles. The Morgan fingerprint density at radius 2 is 2.05 bits per heavy atom. The van der Waals surface area contributed by atoms with Crippen LogP contribution in [0.2, 0.25) is 0 Å². The standard InChI is InChI=1S/C13H16N4O4/c14-11(16-20)8-2-1-3-9(6-8)13(19)17-4-5-21-7-10(17)12(15)18/h1-3,6,10,20H,4-5,7H2,(H2,14,16)(H2,15,18). The van der Waals surface area contributed by atoms with Crippen LogP contribution in [0.15, 0.2) is 29.4 Å². The van der Waals surface area contributed by atoms with Crippen molar-refractivity contribution in [3.05, 3.63) is 35.4 Å². The van der Waals surface area contributed by atoms with E-state index < -0.39 is 11.9 Å².